The van der Waals surface area contributed by atoms with Crippen LogP contribution in [-0.2, 0) is 21.2 Å². The van der Waals surface area contributed by atoms with Gasteiger partial charge in [-0.1, -0.05) is 13.8 Å². The maximum atomic E-state index is 12.1. The van der Waals surface area contributed by atoms with E-state index >= 15 is 0 Å². The van der Waals surface area contributed by atoms with Gasteiger partial charge >= 0.3 is 0 Å². The van der Waals surface area contributed by atoms with Crippen LogP contribution >= 0.6 is 0 Å². The fourth-order valence-electron chi connectivity index (χ4n) is 2.04. The zero-order valence-electron chi connectivity index (χ0n) is 13.0. The first-order valence-corrected chi connectivity index (χ1v) is 8.85. The Kier molecular flexibility index (Phi) is 6.29. The van der Waals surface area contributed by atoms with Crippen LogP contribution < -0.4 is 5.32 Å². The first-order valence-electron chi connectivity index (χ1n) is 6.96. The highest BCUT2D eigenvalue weighted by Crippen LogP contribution is 2.08. The largest absolute Gasteiger partial charge is 0.351 e. The fraction of sp³-hybridized carbons (Fsp3) is 0.571. The zero-order chi connectivity index (χ0) is 16.0. The molecule has 0 saturated heterocycles. The Morgan fingerprint density at radius 1 is 1.38 bits per heavy atom. The van der Waals surface area contributed by atoms with Gasteiger partial charge in [0, 0.05) is 19.0 Å². The van der Waals surface area contributed by atoms with Gasteiger partial charge in [-0.25, -0.2) is 13.4 Å². The number of hydrogen-bond acceptors (Lipinski definition) is 5. The molecule has 0 fully saturated rings. The predicted molar refractivity (Wildman–Crippen MR) is 81.6 cm³/mol. The average molecular weight is 313 g/mol. The molecule has 0 radical (unpaired) electrons. The van der Waals surface area contributed by atoms with Gasteiger partial charge in [-0.15, -0.1) is 0 Å². The minimum atomic E-state index is -3.33. The first kappa shape index (κ1) is 17.6. The topological polar surface area (TPSA) is 79.4 Å². The highest BCUT2D eigenvalue weighted by molar-refractivity contribution is 7.90. The smallest absolute Gasteiger partial charge is 0.237 e. The summed E-state index contributed by atoms with van der Waals surface area (Å²) < 4.78 is 22.9. The molecule has 0 saturated carbocycles. The molecule has 1 aromatic heterocycles. The monoisotopic (exact) mass is 313 g/mol. The van der Waals surface area contributed by atoms with E-state index in [0.717, 1.165) is 19.3 Å². The molecule has 1 N–H and O–H groups in total. The quantitative estimate of drug-likeness (QED) is 0.806. The van der Waals surface area contributed by atoms with Crippen LogP contribution in [0.2, 0.25) is 0 Å². The van der Waals surface area contributed by atoms with Crippen LogP contribution in [0.25, 0.3) is 0 Å². The lowest BCUT2D eigenvalue weighted by molar-refractivity contribution is -0.125. The van der Waals surface area contributed by atoms with E-state index in [2.05, 4.69) is 10.3 Å². The van der Waals surface area contributed by atoms with Crippen LogP contribution in [0.15, 0.2) is 23.4 Å². The Morgan fingerprint density at radius 2 is 2.00 bits per heavy atom. The van der Waals surface area contributed by atoms with Crippen molar-refractivity contribution in [3.8, 4) is 0 Å². The van der Waals surface area contributed by atoms with Crippen molar-refractivity contribution < 1.29 is 13.2 Å². The molecule has 0 spiro atoms. The first-order chi connectivity index (χ1) is 9.79. The Labute approximate surface area is 126 Å². The summed E-state index contributed by atoms with van der Waals surface area (Å²) in [5.41, 5.74) is 0.713. The zero-order valence-corrected chi connectivity index (χ0v) is 13.8. The fourth-order valence-corrected chi connectivity index (χ4v) is 2.65. The highest BCUT2D eigenvalue weighted by Gasteiger charge is 2.18. The molecular weight excluding hydrogens is 290 g/mol. The average Bonchev–Trinajstić information content (AvgIpc) is 2.45. The van der Waals surface area contributed by atoms with Crippen LogP contribution in [0.5, 0.6) is 0 Å². The van der Waals surface area contributed by atoms with Gasteiger partial charge in [0.05, 0.1) is 6.04 Å². The van der Waals surface area contributed by atoms with Crippen molar-refractivity contribution >= 4 is 15.7 Å². The van der Waals surface area contributed by atoms with Gasteiger partial charge in [0.2, 0.25) is 5.91 Å². The summed E-state index contributed by atoms with van der Waals surface area (Å²) in [6.07, 6.45) is 2.55. The minimum Gasteiger partial charge on any atom is -0.351 e. The summed E-state index contributed by atoms with van der Waals surface area (Å²) in [5, 5.41) is 2.84. The van der Waals surface area contributed by atoms with Crippen molar-refractivity contribution in [3.05, 3.63) is 23.9 Å². The second-order valence-corrected chi connectivity index (χ2v) is 6.85. The lowest BCUT2D eigenvalue weighted by atomic mass is 10.2. The van der Waals surface area contributed by atoms with Gasteiger partial charge in [-0.2, -0.15) is 0 Å². The summed E-state index contributed by atoms with van der Waals surface area (Å²) in [6, 6.07) is 2.96. The van der Waals surface area contributed by atoms with Crippen molar-refractivity contribution in [1.29, 1.82) is 0 Å². The normalized spacial score (nSPS) is 13.2. The van der Waals surface area contributed by atoms with E-state index in [1.54, 1.807) is 6.07 Å². The van der Waals surface area contributed by atoms with Crippen molar-refractivity contribution in [2.45, 2.75) is 38.4 Å². The van der Waals surface area contributed by atoms with Crippen molar-refractivity contribution in [1.82, 2.24) is 15.2 Å². The predicted octanol–water partition coefficient (Wildman–Crippen LogP) is 0.832. The van der Waals surface area contributed by atoms with Gasteiger partial charge in [0.25, 0.3) is 0 Å². The van der Waals surface area contributed by atoms with Gasteiger partial charge in [-0.3, -0.25) is 9.69 Å². The van der Waals surface area contributed by atoms with Gasteiger partial charge in [-0.05, 0) is 37.7 Å². The molecule has 21 heavy (non-hydrogen) atoms. The molecule has 1 amide bonds. The standard InChI is InChI=1S/C14H23N3O3S/c1-5-17(6-2)11(3)14(18)16-10-12-7-8-15-13(9-12)21(4,19)20/h7-9,11H,5-6,10H2,1-4H3,(H,16,18)/t11-/m1/s1. The number of rotatable bonds is 7. The number of likely N-dealkylation sites (N-methyl/N-ethyl adjacent to an activating group) is 1. The van der Waals surface area contributed by atoms with E-state index in [0.29, 0.717) is 5.56 Å². The number of amides is 1. The maximum absolute atomic E-state index is 12.1. The molecule has 1 heterocycles. The van der Waals surface area contributed by atoms with Crippen molar-refractivity contribution in [2.75, 3.05) is 19.3 Å². The van der Waals surface area contributed by atoms with Crippen LogP contribution in [-0.4, -0.2) is 49.6 Å². The third-order valence-corrected chi connectivity index (χ3v) is 4.37. The van der Waals surface area contributed by atoms with E-state index in [1.807, 2.05) is 25.7 Å². The molecule has 1 rings (SSSR count). The molecular formula is C14H23N3O3S. The molecule has 1 atom stereocenters. The Hall–Kier alpha value is -1.47. The third kappa shape index (κ3) is 5.09. The van der Waals surface area contributed by atoms with Gasteiger partial charge in [0.15, 0.2) is 14.9 Å². The molecule has 0 bridgehead atoms. The SMILES string of the molecule is CCN(CC)[C@H](C)C(=O)NCc1ccnc(S(C)(=O)=O)c1. The molecule has 118 valence electrons. The van der Waals surface area contributed by atoms with Crippen molar-refractivity contribution in [2.24, 2.45) is 0 Å². The Morgan fingerprint density at radius 3 is 2.52 bits per heavy atom. The van der Waals surface area contributed by atoms with E-state index < -0.39 is 9.84 Å². The Bertz CT molecular complexity index is 583. The maximum Gasteiger partial charge on any atom is 0.237 e. The van der Waals surface area contributed by atoms with Gasteiger partial charge in [0.1, 0.15) is 0 Å². The van der Waals surface area contributed by atoms with E-state index in [1.165, 1.54) is 12.3 Å². The molecule has 0 aliphatic carbocycles. The number of nitrogens with one attached hydrogen (secondary N) is 1. The number of aromatic nitrogens is 1. The van der Waals surface area contributed by atoms with Crippen LogP contribution in [0, 0.1) is 0 Å². The number of pyridine rings is 1. The molecule has 1 aromatic rings. The lowest BCUT2D eigenvalue weighted by Crippen LogP contribution is -2.44. The van der Waals surface area contributed by atoms with Crippen LogP contribution in [0.1, 0.15) is 26.3 Å². The van der Waals surface area contributed by atoms with Crippen LogP contribution in [0.3, 0.4) is 0 Å². The second kappa shape index (κ2) is 7.51. The molecule has 6 nitrogen and oxygen atoms in total. The Balaban J connectivity index is 2.69. The summed E-state index contributed by atoms with van der Waals surface area (Å²) >= 11 is 0. The molecule has 0 aromatic carbocycles. The van der Waals surface area contributed by atoms with E-state index in [9.17, 15) is 13.2 Å². The number of carbonyl (C=O) groups excluding carboxylic acids is 1. The molecule has 0 aliphatic heterocycles. The molecule has 0 aliphatic rings. The number of sulfone groups is 1. The van der Waals surface area contributed by atoms with Crippen molar-refractivity contribution in [3.63, 3.8) is 0 Å². The summed E-state index contributed by atoms with van der Waals surface area (Å²) in [7, 11) is -3.33. The number of carbonyl (C=O) groups is 1. The minimum absolute atomic E-state index is 0.0195. The number of nitrogens with zero attached hydrogens (tertiary/aromatic N) is 2. The summed E-state index contributed by atoms with van der Waals surface area (Å²) in [6.45, 7) is 7.77. The summed E-state index contributed by atoms with van der Waals surface area (Å²) in [5.74, 6) is -0.0728. The second-order valence-electron chi connectivity index (χ2n) is 4.89. The van der Waals surface area contributed by atoms with Gasteiger partial charge < -0.3 is 5.32 Å². The molecule has 0 unspecified atom stereocenters. The summed E-state index contributed by atoms with van der Waals surface area (Å²) in [4.78, 5) is 17.9. The lowest BCUT2D eigenvalue weighted by Gasteiger charge is -2.25. The van der Waals surface area contributed by atoms with Crippen LogP contribution in [0.4, 0.5) is 0 Å². The van der Waals surface area contributed by atoms with E-state index in [4.69, 9.17) is 0 Å². The highest BCUT2D eigenvalue weighted by atomic mass is 32.2. The van der Waals surface area contributed by atoms with E-state index in [-0.39, 0.29) is 23.5 Å². The third-order valence-electron chi connectivity index (χ3n) is 3.39. The molecule has 7 heteroatoms. The number of hydrogen-bond donors (Lipinski definition) is 1.